The number of esters is 1. The Kier molecular flexibility index (Phi) is 6.39. The fourth-order valence-electron chi connectivity index (χ4n) is 4.52. The molecule has 12 nitrogen and oxygen atoms in total. The molecule has 0 amide bonds. The molecule has 2 heterocycles. The molecule has 0 aromatic heterocycles. The zero-order valence-corrected chi connectivity index (χ0v) is 16.3. The van der Waals surface area contributed by atoms with E-state index in [1.54, 1.807) is 0 Å². The average Bonchev–Trinajstić information content (AvgIpc) is 2.92. The van der Waals surface area contributed by atoms with Crippen molar-refractivity contribution in [3.05, 3.63) is 11.8 Å². The summed E-state index contributed by atoms with van der Waals surface area (Å²) >= 11 is 0. The molecule has 0 aromatic rings. The van der Waals surface area contributed by atoms with Crippen LogP contribution in [0.2, 0.25) is 0 Å². The monoisotopic (exact) mass is 434 g/mol. The standard InChI is InChI=1S/C18H26O12/c1-6(20)30-18(2)3-8(21)10-7(15(25)26)5-27-16(11(10)18)29-17-14(24)13(23)12(22)9(4-19)28-17/h5,8-14,16-17,19,21-24H,3-4H2,1-2H3,(H,25,26)/t8-,9-,10+,11-,12-,13+,14-,16+,17+,18+/m1/s1. The summed E-state index contributed by atoms with van der Waals surface area (Å²) in [5.41, 5.74) is -1.61. The smallest absolute Gasteiger partial charge is 0.335 e. The maximum Gasteiger partial charge on any atom is 0.335 e. The van der Waals surface area contributed by atoms with E-state index in [-0.39, 0.29) is 12.0 Å². The summed E-state index contributed by atoms with van der Waals surface area (Å²) < 4.78 is 21.7. The average molecular weight is 434 g/mol. The van der Waals surface area contributed by atoms with Crippen molar-refractivity contribution in [2.45, 2.75) is 69.0 Å². The van der Waals surface area contributed by atoms with Gasteiger partial charge in [-0.1, -0.05) is 0 Å². The maximum absolute atomic E-state index is 11.6. The highest BCUT2D eigenvalue weighted by Crippen LogP contribution is 2.51. The van der Waals surface area contributed by atoms with Crippen molar-refractivity contribution in [2.24, 2.45) is 11.8 Å². The van der Waals surface area contributed by atoms with Crippen LogP contribution in [-0.4, -0.2) is 97.9 Å². The molecule has 2 aliphatic heterocycles. The number of hydrogen-bond acceptors (Lipinski definition) is 11. The maximum atomic E-state index is 11.6. The Hall–Kier alpha value is -1.80. The molecule has 0 radical (unpaired) electrons. The first-order valence-corrected chi connectivity index (χ1v) is 9.42. The largest absolute Gasteiger partial charge is 0.478 e. The summed E-state index contributed by atoms with van der Waals surface area (Å²) in [4.78, 5) is 23.3. The summed E-state index contributed by atoms with van der Waals surface area (Å²) in [6.45, 7) is 1.99. The highest BCUT2D eigenvalue weighted by molar-refractivity contribution is 5.87. The minimum Gasteiger partial charge on any atom is -0.478 e. The summed E-state index contributed by atoms with van der Waals surface area (Å²) in [6, 6.07) is 0. The molecule has 0 aromatic carbocycles. The van der Waals surface area contributed by atoms with Crippen LogP contribution in [-0.2, 0) is 28.5 Å². The first kappa shape index (κ1) is 22.9. The molecule has 10 atom stereocenters. The number of carboxylic acids is 1. The van der Waals surface area contributed by atoms with Gasteiger partial charge in [-0.15, -0.1) is 0 Å². The van der Waals surface area contributed by atoms with E-state index in [0.717, 1.165) is 13.2 Å². The third kappa shape index (κ3) is 3.91. The van der Waals surface area contributed by atoms with Gasteiger partial charge in [0.15, 0.2) is 6.29 Å². The van der Waals surface area contributed by atoms with Crippen molar-refractivity contribution >= 4 is 11.9 Å². The molecule has 1 saturated carbocycles. The molecule has 3 rings (SSSR count). The number of ether oxygens (including phenoxy) is 4. The van der Waals surface area contributed by atoms with Gasteiger partial charge < -0.3 is 49.6 Å². The van der Waals surface area contributed by atoms with E-state index < -0.39 is 79.1 Å². The number of hydrogen-bond donors (Lipinski definition) is 6. The third-order valence-electron chi connectivity index (χ3n) is 5.84. The van der Waals surface area contributed by atoms with Gasteiger partial charge >= 0.3 is 11.9 Å². The van der Waals surface area contributed by atoms with Crippen LogP contribution >= 0.6 is 0 Å². The van der Waals surface area contributed by atoms with Gasteiger partial charge in [0, 0.05) is 19.3 Å². The predicted octanol–water partition coefficient (Wildman–Crippen LogP) is -2.55. The lowest BCUT2D eigenvalue weighted by Crippen LogP contribution is -2.61. The molecule has 170 valence electrons. The fraction of sp³-hybridized carbons (Fsp3) is 0.778. The number of aliphatic hydroxyl groups is 5. The Morgan fingerprint density at radius 3 is 2.40 bits per heavy atom. The van der Waals surface area contributed by atoms with E-state index >= 15 is 0 Å². The van der Waals surface area contributed by atoms with Gasteiger partial charge in [-0.2, -0.15) is 0 Å². The second-order valence-corrected chi connectivity index (χ2v) is 7.95. The Balaban J connectivity index is 1.91. The second kappa shape index (κ2) is 8.38. The normalized spacial score (nSPS) is 45.8. The van der Waals surface area contributed by atoms with E-state index in [4.69, 9.17) is 18.9 Å². The summed E-state index contributed by atoms with van der Waals surface area (Å²) in [5.74, 6) is -4.01. The van der Waals surface area contributed by atoms with Crippen molar-refractivity contribution in [1.82, 2.24) is 0 Å². The van der Waals surface area contributed by atoms with Crippen LogP contribution in [0.4, 0.5) is 0 Å². The van der Waals surface area contributed by atoms with Crippen molar-refractivity contribution < 1.29 is 59.2 Å². The highest BCUT2D eigenvalue weighted by atomic mass is 16.8. The number of carboxylic acid groups (broad SMARTS) is 1. The molecule has 30 heavy (non-hydrogen) atoms. The first-order chi connectivity index (χ1) is 14.0. The molecule has 3 aliphatic rings. The van der Waals surface area contributed by atoms with Gasteiger partial charge in [-0.25, -0.2) is 4.79 Å². The number of aliphatic carboxylic acids is 1. The topological polar surface area (TPSA) is 192 Å². The third-order valence-corrected chi connectivity index (χ3v) is 5.84. The first-order valence-electron chi connectivity index (χ1n) is 9.42. The quantitative estimate of drug-likeness (QED) is 0.248. The molecule has 1 aliphatic carbocycles. The Bertz CT molecular complexity index is 707. The van der Waals surface area contributed by atoms with E-state index in [1.165, 1.54) is 6.92 Å². The lowest BCUT2D eigenvalue weighted by Gasteiger charge is -2.44. The van der Waals surface area contributed by atoms with Crippen LogP contribution < -0.4 is 0 Å². The van der Waals surface area contributed by atoms with Gasteiger partial charge in [0.1, 0.15) is 30.0 Å². The molecule has 12 heteroatoms. The molecule has 0 spiro atoms. The fourth-order valence-corrected chi connectivity index (χ4v) is 4.52. The molecule has 2 fully saturated rings. The Morgan fingerprint density at radius 2 is 1.83 bits per heavy atom. The van der Waals surface area contributed by atoms with E-state index in [1.807, 2.05) is 0 Å². The van der Waals surface area contributed by atoms with E-state index in [2.05, 4.69) is 0 Å². The van der Waals surface area contributed by atoms with Crippen LogP contribution in [0.15, 0.2) is 11.8 Å². The molecular weight excluding hydrogens is 408 g/mol. The molecule has 0 bridgehead atoms. The second-order valence-electron chi connectivity index (χ2n) is 7.95. The van der Waals surface area contributed by atoms with Gasteiger partial charge in [0.05, 0.1) is 30.5 Å². The summed E-state index contributed by atoms with van der Waals surface area (Å²) in [7, 11) is 0. The SMILES string of the molecule is CC(=O)O[C@@]1(C)C[C@@H](O)[C@@H]2C(C(=O)O)=CO[C@@H](O[C@@H]3O[C@H](CO)[C@@H](O)[C@H](O)[C@H]3O)[C@@H]21. The number of aliphatic hydroxyl groups excluding tert-OH is 5. The van der Waals surface area contributed by atoms with E-state index in [0.29, 0.717) is 0 Å². The molecule has 1 saturated heterocycles. The van der Waals surface area contributed by atoms with Crippen LogP contribution in [0.3, 0.4) is 0 Å². The van der Waals surface area contributed by atoms with Crippen LogP contribution in [0, 0.1) is 11.8 Å². The molecule has 0 unspecified atom stereocenters. The predicted molar refractivity (Wildman–Crippen MR) is 93.2 cm³/mol. The molecular formula is C18H26O12. The molecule has 6 N–H and O–H groups in total. The van der Waals surface area contributed by atoms with Crippen molar-refractivity contribution in [3.8, 4) is 0 Å². The van der Waals surface area contributed by atoms with Crippen LogP contribution in [0.25, 0.3) is 0 Å². The van der Waals surface area contributed by atoms with Crippen LogP contribution in [0.1, 0.15) is 20.3 Å². The van der Waals surface area contributed by atoms with Crippen molar-refractivity contribution in [2.75, 3.05) is 6.61 Å². The minimum absolute atomic E-state index is 0.0928. The van der Waals surface area contributed by atoms with Gasteiger partial charge in [-0.05, 0) is 6.92 Å². The van der Waals surface area contributed by atoms with Gasteiger partial charge in [0.2, 0.25) is 6.29 Å². The Morgan fingerprint density at radius 1 is 1.17 bits per heavy atom. The Labute approximate surface area is 171 Å². The van der Waals surface area contributed by atoms with Crippen molar-refractivity contribution in [1.29, 1.82) is 0 Å². The number of carbonyl (C=O) groups is 2. The number of carbonyl (C=O) groups excluding carboxylic acids is 1. The highest BCUT2D eigenvalue weighted by Gasteiger charge is 2.61. The number of fused-ring (bicyclic) bond motifs is 1. The summed E-state index contributed by atoms with van der Waals surface area (Å²) in [5, 5.41) is 59.4. The lowest BCUT2D eigenvalue weighted by molar-refractivity contribution is -0.346. The number of rotatable bonds is 5. The minimum atomic E-state index is -1.72. The van der Waals surface area contributed by atoms with Crippen LogP contribution in [0.5, 0.6) is 0 Å². The van der Waals surface area contributed by atoms with Gasteiger partial charge in [0.25, 0.3) is 0 Å². The zero-order chi connectivity index (χ0) is 22.4. The summed E-state index contributed by atoms with van der Waals surface area (Å²) in [6.07, 6.45) is -9.53. The van der Waals surface area contributed by atoms with Crippen molar-refractivity contribution in [3.63, 3.8) is 0 Å². The van der Waals surface area contributed by atoms with Gasteiger partial charge in [-0.3, -0.25) is 4.79 Å². The lowest BCUT2D eigenvalue weighted by atomic mass is 9.80. The van der Waals surface area contributed by atoms with E-state index in [9.17, 15) is 40.2 Å². The zero-order valence-electron chi connectivity index (χ0n) is 16.3.